The van der Waals surface area contributed by atoms with Crippen molar-refractivity contribution in [2.75, 3.05) is 6.61 Å². The Kier molecular flexibility index (Phi) is 4.11. The molecule has 0 amide bonds. The van der Waals surface area contributed by atoms with Crippen molar-refractivity contribution in [3.05, 3.63) is 59.7 Å². The number of esters is 1. The summed E-state index contributed by atoms with van der Waals surface area (Å²) in [6.45, 7) is 3.03. The lowest BCUT2D eigenvalue weighted by Crippen LogP contribution is -2.43. The van der Waals surface area contributed by atoms with Crippen molar-refractivity contribution in [2.45, 2.75) is 25.3 Å². The zero-order valence-corrected chi connectivity index (χ0v) is 13.6. The molecule has 0 aromatic heterocycles. The predicted octanol–water partition coefficient (Wildman–Crippen LogP) is 3.22. The number of ether oxygens (including phenoxy) is 2. The molecule has 5 nitrogen and oxygen atoms in total. The zero-order valence-electron chi connectivity index (χ0n) is 13.6. The van der Waals surface area contributed by atoms with Gasteiger partial charge in [0.2, 0.25) is 0 Å². The fourth-order valence-corrected chi connectivity index (χ4v) is 2.83. The van der Waals surface area contributed by atoms with Crippen molar-refractivity contribution in [3.63, 3.8) is 0 Å². The van der Waals surface area contributed by atoms with Crippen LogP contribution in [0.4, 0.5) is 4.79 Å². The van der Waals surface area contributed by atoms with E-state index in [9.17, 15) is 9.59 Å². The fourth-order valence-electron chi connectivity index (χ4n) is 2.83. The summed E-state index contributed by atoms with van der Waals surface area (Å²) in [5.41, 5.74) is 8.80. The fraction of sp³-hybridized carbons (Fsp3) is 0.263. The molecule has 24 heavy (non-hydrogen) atoms. The Bertz CT molecular complexity index is 746. The van der Waals surface area contributed by atoms with Crippen LogP contribution in [-0.2, 0) is 14.3 Å². The van der Waals surface area contributed by atoms with Crippen molar-refractivity contribution in [2.24, 2.45) is 5.73 Å². The molecule has 1 aliphatic rings. The van der Waals surface area contributed by atoms with E-state index in [1.54, 1.807) is 0 Å². The van der Waals surface area contributed by atoms with E-state index in [2.05, 4.69) is 4.74 Å². The maximum Gasteiger partial charge on any atom is 0.516 e. The minimum Gasteiger partial charge on any atom is -0.433 e. The van der Waals surface area contributed by atoms with E-state index >= 15 is 0 Å². The van der Waals surface area contributed by atoms with Gasteiger partial charge < -0.3 is 15.2 Å². The van der Waals surface area contributed by atoms with Gasteiger partial charge in [-0.1, -0.05) is 48.5 Å². The highest BCUT2D eigenvalue weighted by Crippen LogP contribution is 2.44. The van der Waals surface area contributed by atoms with Crippen molar-refractivity contribution in [3.8, 4) is 11.1 Å². The molecule has 0 heterocycles. The predicted molar refractivity (Wildman–Crippen MR) is 89.4 cm³/mol. The molecule has 5 heteroatoms. The maximum atomic E-state index is 11.8. The third kappa shape index (κ3) is 3.03. The van der Waals surface area contributed by atoms with E-state index in [4.69, 9.17) is 10.5 Å². The Morgan fingerprint density at radius 2 is 1.50 bits per heavy atom. The number of fused-ring (bicyclic) bond motifs is 3. The van der Waals surface area contributed by atoms with Gasteiger partial charge in [-0.05, 0) is 36.1 Å². The lowest BCUT2D eigenvalue weighted by atomic mass is 9.98. The van der Waals surface area contributed by atoms with Crippen LogP contribution in [0, 0.1) is 0 Å². The number of carbonyl (C=O) groups excluding carboxylic acids is 2. The highest BCUT2D eigenvalue weighted by atomic mass is 16.7. The summed E-state index contributed by atoms with van der Waals surface area (Å²) in [6.07, 6.45) is -1.03. The molecule has 0 spiro atoms. The average molecular weight is 325 g/mol. The monoisotopic (exact) mass is 325 g/mol. The normalized spacial score (nSPS) is 13.1. The summed E-state index contributed by atoms with van der Waals surface area (Å²) in [7, 11) is 0. The molecule has 0 saturated heterocycles. The number of hydrogen-bond acceptors (Lipinski definition) is 5. The van der Waals surface area contributed by atoms with Gasteiger partial charge in [0.25, 0.3) is 0 Å². The minimum atomic E-state index is -1.24. The molecule has 0 saturated carbocycles. The maximum absolute atomic E-state index is 11.8. The van der Waals surface area contributed by atoms with Crippen molar-refractivity contribution in [1.82, 2.24) is 0 Å². The van der Waals surface area contributed by atoms with Gasteiger partial charge in [0, 0.05) is 5.92 Å². The second-order valence-electron chi connectivity index (χ2n) is 6.40. The van der Waals surface area contributed by atoms with Crippen molar-refractivity contribution in [1.29, 1.82) is 0 Å². The van der Waals surface area contributed by atoms with E-state index in [0.29, 0.717) is 0 Å². The molecular formula is C19H19NO4. The van der Waals surface area contributed by atoms with Crippen LogP contribution < -0.4 is 5.73 Å². The van der Waals surface area contributed by atoms with E-state index in [1.165, 1.54) is 13.8 Å². The first-order valence-corrected chi connectivity index (χ1v) is 7.74. The molecule has 0 radical (unpaired) electrons. The highest BCUT2D eigenvalue weighted by Gasteiger charge is 2.31. The smallest absolute Gasteiger partial charge is 0.433 e. The van der Waals surface area contributed by atoms with Gasteiger partial charge in [-0.2, -0.15) is 0 Å². The summed E-state index contributed by atoms with van der Waals surface area (Å²) >= 11 is 0. The van der Waals surface area contributed by atoms with Gasteiger partial charge in [0.1, 0.15) is 12.1 Å². The van der Waals surface area contributed by atoms with Crippen LogP contribution in [0.1, 0.15) is 30.9 Å². The molecule has 2 aromatic carbocycles. The third-order valence-corrected chi connectivity index (χ3v) is 4.03. The number of benzene rings is 2. The van der Waals surface area contributed by atoms with Gasteiger partial charge in [-0.3, -0.25) is 0 Å². The van der Waals surface area contributed by atoms with Crippen LogP contribution in [0.15, 0.2) is 48.5 Å². The largest absolute Gasteiger partial charge is 0.516 e. The molecule has 2 aromatic rings. The summed E-state index contributed by atoms with van der Waals surface area (Å²) in [6, 6.07) is 16.0. The van der Waals surface area contributed by atoms with E-state index in [0.717, 1.165) is 22.3 Å². The van der Waals surface area contributed by atoms with E-state index in [1.807, 2.05) is 48.5 Å². The first-order chi connectivity index (χ1) is 11.4. The molecular weight excluding hydrogens is 306 g/mol. The molecule has 0 atom stereocenters. The summed E-state index contributed by atoms with van der Waals surface area (Å²) in [5, 5.41) is 0. The highest BCUT2D eigenvalue weighted by molar-refractivity contribution is 5.88. The molecule has 2 N–H and O–H groups in total. The molecule has 1 aliphatic carbocycles. The summed E-state index contributed by atoms with van der Waals surface area (Å²) < 4.78 is 9.79. The molecule has 0 aliphatic heterocycles. The lowest BCUT2D eigenvalue weighted by Gasteiger charge is -2.17. The Hall–Kier alpha value is -2.66. The number of carbonyl (C=O) groups is 2. The SMILES string of the molecule is CC(C)(N)C(=O)OC(=O)OCC1c2ccccc2-c2ccccc21. The first kappa shape index (κ1) is 16.2. The van der Waals surface area contributed by atoms with Gasteiger partial charge in [-0.25, -0.2) is 9.59 Å². The topological polar surface area (TPSA) is 78.6 Å². The van der Waals surface area contributed by atoms with Gasteiger partial charge >= 0.3 is 12.1 Å². The van der Waals surface area contributed by atoms with Crippen LogP contribution in [0.5, 0.6) is 0 Å². The Labute approximate surface area is 140 Å². The van der Waals surface area contributed by atoms with Crippen LogP contribution in [0.2, 0.25) is 0 Å². The zero-order chi connectivity index (χ0) is 17.3. The lowest BCUT2D eigenvalue weighted by molar-refractivity contribution is -0.144. The van der Waals surface area contributed by atoms with Crippen LogP contribution >= 0.6 is 0 Å². The van der Waals surface area contributed by atoms with Crippen molar-refractivity contribution >= 4 is 12.1 Å². The molecule has 0 unspecified atom stereocenters. The number of nitrogens with two attached hydrogens (primary N) is 1. The van der Waals surface area contributed by atoms with Gasteiger partial charge in [-0.15, -0.1) is 0 Å². The Morgan fingerprint density at radius 1 is 1.00 bits per heavy atom. The van der Waals surface area contributed by atoms with E-state index < -0.39 is 17.7 Å². The van der Waals surface area contributed by atoms with Crippen LogP contribution in [-0.4, -0.2) is 24.3 Å². The summed E-state index contributed by atoms with van der Waals surface area (Å²) in [4.78, 5) is 23.4. The van der Waals surface area contributed by atoms with Gasteiger partial charge in [0.15, 0.2) is 0 Å². The van der Waals surface area contributed by atoms with Crippen molar-refractivity contribution < 1.29 is 19.1 Å². The molecule has 0 bridgehead atoms. The first-order valence-electron chi connectivity index (χ1n) is 7.74. The second kappa shape index (κ2) is 6.09. The van der Waals surface area contributed by atoms with Crippen LogP contribution in [0.25, 0.3) is 11.1 Å². The number of hydrogen-bond donors (Lipinski definition) is 1. The average Bonchev–Trinajstić information content (AvgIpc) is 2.86. The van der Waals surface area contributed by atoms with E-state index in [-0.39, 0.29) is 12.5 Å². The second-order valence-corrected chi connectivity index (χ2v) is 6.40. The molecule has 3 rings (SSSR count). The Balaban J connectivity index is 1.74. The molecule has 124 valence electrons. The van der Waals surface area contributed by atoms with Gasteiger partial charge in [0.05, 0.1) is 0 Å². The third-order valence-electron chi connectivity index (χ3n) is 4.03. The number of rotatable bonds is 3. The van der Waals surface area contributed by atoms with Crippen LogP contribution in [0.3, 0.4) is 0 Å². The Morgan fingerprint density at radius 3 is 2.00 bits per heavy atom. The quantitative estimate of drug-likeness (QED) is 0.692. The summed E-state index contributed by atoms with van der Waals surface area (Å²) in [5.74, 6) is -0.898. The minimum absolute atomic E-state index is 0.0778. The standard InChI is InChI=1S/C19H19NO4/c1-19(2,20)17(21)24-18(22)23-11-16-14-9-5-3-7-12(14)13-8-4-6-10-15(13)16/h3-10,16H,11,20H2,1-2H3. The molecule has 0 fully saturated rings.